The fourth-order valence-electron chi connectivity index (χ4n) is 3.69. The van der Waals surface area contributed by atoms with Crippen molar-refractivity contribution in [1.29, 1.82) is 0 Å². The van der Waals surface area contributed by atoms with Crippen molar-refractivity contribution in [2.24, 2.45) is 0 Å². The molecule has 162 valence electrons. The van der Waals surface area contributed by atoms with Crippen molar-refractivity contribution in [3.63, 3.8) is 0 Å². The first-order valence-electron chi connectivity index (χ1n) is 10.7. The number of hydrogen-bond acceptors (Lipinski definition) is 2. The molecular weight excluding hydrogens is 391 g/mol. The van der Waals surface area contributed by atoms with Gasteiger partial charge < -0.3 is 10.2 Å². The number of nitrogens with zero attached hydrogens (tertiary/aromatic N) is 1. The number of carbonyl (C=O) groups is 2. The summed E-state index contributed by atoms with van der Waals surface area (Å²) in [4.78, 5) is 27.3. The molecule has 0 fully saturated rings. The van der Waals surface area contributed by atoms with E-state index in [1.54, 1.807) is 25.1 Å². The Labute approximate surface area is 183 Å². The van der Waals surface area contributed by atoms with E-state index < -0.39 is 6.04 Å². The second-order valence-corrected chi connectivity index (χ2v) is 8.09. The number of nitrogens with one attached hydrogen (secondary N) is 1. The number of halogens is 1. The number of hydrogen-bond donors (Lipinski definition) is 1. The summed E-state index contributed by atoms with van der Waals surface area (Å²) in [5.74, 6) is -0.807. The van der Waals surface area contributed by atoms with Crippen LogP contribution in [-0.4, -0.2) is 28.8 Å². The lowest BCUT2D eigenvalue weighted by Crippen LogP contribution is -2.49. The summed E-state index contributed by atoms with van der Waals surface area (Å²) < 4.78 is 14.3. The van der Waals surface area contributed by atoms with Crippen LogP contribution in [0.1, 0.15) is 38.3 Å². The third-order valence-electron chi connectivity index (χ3n) is 5.38. The number of amides is 2. The summed E-state index contributed by atoms with van der Waals surface area (Å²) in [5.41, 5.74) is 1.47. The smallest absolute Gasteiger partial charge is 0.242 e. The van der Waals surface area contributed by atoms with Gasteiger partial charge in [-0.15, -0.1) is 0 Å². The van der Waals surface area contributed by atoms with Gasteiger partial charge in [0.15, 0.2) is 0 Å². The first kappa shape index (κ1) is 22.5. The molecule has 2 amide bonds. The lowest BCUT2D eigenvalue weighted by atomic mass is 10.0. The topological polar surface area (TPSA) is 49.4 Å². The van der Waals surface area contributed by atoms with Gasteiger partial charge in [0.05, 0.1) is 0 Å². The molecule has 3 rings (SSSR count). The van der Waals surface area contributed by atoms with Gasteiger partial charge in [-0.2, -0.15) is 0 Å². The molecular formula is C26H29FN2O2. The summed E-state index contributed by atoms with van der Waals surface area (Å²) in [6.45, 7) is 5.48. The van der Waals surface area contributed by atoms with Gasteiger partial charge >= 0.3 is 0 Å². The zero-order valence-corrected chi connectivity index (χ0v) is 18.3. The van der Waals surface area contributed by atoms with Crippen LogP contribution in [0.2, 0.25) is 0 Å². The molecule has 0 bridgehead atoms. The van der Waals surface area contributed by atoms with Crippen molar-refractivity contribution < 1.29 is 14.0 Å². The predicted molar refractivity (Wildman–Crippen MR) is 122 cm³/mol. The molecule has 3 aromatic carbocycles. The maximum Gasteiger partial charge on any atom is 0.242 e. The molecule has 0 heterocycles. The molecule has 1 unspecified atom stereocenters. The number of rotatable bonds is 8. The van der Waals surface area contributed by atoms with E-state index in [4.69, 9.17) is 0 Å². The molecule has 3 aromatic rings. The first-order valence-corrected chi connectivity index (χ1v) is 10.7. The fourth-order valence-corrected chi connectivity index (χ4v) is 3.69. The van der Waals surface area contributed by atoms with E-state index in [1.165, 1.54) is 11.0 Å². The zero-order chi connectivity index (χ0) is 22.4. The van der Waals surface area contributed by atoms with Crippen LogP contribution in [0.4, 0.5) is 4.39 Å². The molecule has 0 aliphatic carbocycles. The minimum atomic E-state index is -0.706. The minimum absolute atomic E-state index is 0.0453. The Kier molecular flexibility index (Phi) is 7.40. The zero-order valence-electron chi connectivity index (χ0n) is 18.3. The lowest BCUT2D eigenvalue weighted by molar-refractivity contribution is -0.140. The maximum absolute atomic E-state index is 14.3. The van der Waals surface area contributed by atoms with Gasteiger partial charge in [-0.25, -0.2) is 4.39 Å². The number of aryl methyl sites for hydroxylation is 1. The average Bonchev–Trinajstić information content (AvgIpc) is 2.76. The number of fused-ring (bicyclic) bond motifs is 1. The number of benzene rings is 3. The minimum Gasteiger partial charge on any atom is -0.352 e. The van der Waals surface area contributed by atoms with Crippen molar-refractivity contribution in [3.05, 3.63) is 83.7 Å². The van der Waals surface area contributed by atoms with E-state index >= 15 is 0 Å². The Morgan fingerprint density at radius 3 is 2.29 bits per heavy atom. The van der Waals surface area contributed by atoms with Gasteiger partial charge in [0.2, 0.25) is 11.8 Å². The highest BCUT2D eigenvalue weighted by molar-refractivity contribution is 5.89. The van der Waals surface area contributed by atoms with E-state index in [9.17, 15) is 14.0 Å². The standard InChI is InChI=1S/C26H29FN2O2/c1-18(2)28-26(31)19(3)29(17-22-10-5-7-14-24(22)27)25(30)16-15-21-12-8-11-20-9-4-6-13-23(20)21/h4-14,18-19H,15-17H2,1-3H3,(H,28,31). The molecule has 5 heteroatoms. The van der Waals surface area contributed by atoms with Gasteiger partial charge in [-0.05, 0) is 49.6 Å². The van der Waals surface area contributed by atoms with Crippen LogP contribution < -0.4 is 5.32 Å². The normalized spacial score (nSPS) is 12.0. The van der Waals surface area contributed by atoms with Crippen LogP contribution in [0.5, 0.6) is 0 Å². The molecule has 1 N–H and O–H groups in total. The largest absolute Gasteiger partial charge is 0.352 e. The second kappa shape index (κ2) is 10.2. The van der Waals surface area contributed by atoms with Gasteiger partial charge in [-0.3, -0.25) is 9.59 Å². The van der Waals surface area contributed by atoms with Crippen LogP contribution in [0.15, 0.2) is 66.7 Å². The quantitative estimate of drug-likeness (QED) is 0.566. The average molecular weight is 421 g/mol. The summed E-state index contributed by atoms with van der Waals surface area (Å²) in [7, 11) is 0. The van der Waals surface area contributed by atoms with E-state index in [1.807, 2.05) is 56.3 Å². The fraction of sp³-hybridized carbons (Fsp3) is 0.308. The van der Waals surface area contributed by atoms with Crippen molar-refractivity contribution in [1.82, 2.24) is 10.2 Å². The third kappa shape index (κ3) is 5.69. The third-order valence-corrected chi connectivity index (χ3v) is 5.38. The van der Waals surface area contributed by atoms with Gasteiger partial charge in [0.25, 0.3) is 0 Å². The monoisotopic (exact) mass is 420 g/mol. The van der Waals surface area contributed by atoms with Crippen LogP contribution >= 0.6 is 0 Å². The van der Waals surface area contributed by atoms with Crippen molar-refractivity contribution >= 4 is 22.6 Å². The molecule has 4 nitrogen and oxygen atoms in total. The van der Waals surface area contributed by atoms with E-state index in [0.29, 0.717) is 12.0 Å². The second-order valence-electron chi connectivity index (χ2n) is 8.09. The van der Waals surface area contributed by atoms with Crippen molar-refractivity contribution in [3.8, 4) is 0 Å². The molecule has 31 heavy (non-hydrogen) atoms. The Hall–Kier alpha value is -3.21. The molecule has 0 aromatic heterocycles. The van der Waals surface area contributed by atoms with Gasteiger partial charge in [-0.1, -0.05) is 60.7 Å². The van der Waals surface area contributed by atoms with Crippen molar-refractivity contribution in [2.45, 2.75) is 52.2 Å². The highest BCUT2D eigenvalue weighted by atomic mass is 19.1. The molecule has 0 saturated carbocycles. The predicted octanol–water partition coefficient (Wildman–Crippen LogP) is 4.85. The molecule has 1 atom stereocenters. The van der Waals surface area contributed by atoms with Crippen LogP contribution in [0, 0.1) is 5.82 Å². The summed E-state index contributed by atoms with van der Waals surface area (Å²) in [6, 6.07) is 19.7. The van der Waals surface area contributed by atoms with Crippen LogP contribution in [0.25, 0.3) is 10.8 Å². The van der Waals surface area contributed by atoms with Crippen LogP contribution in [-0.2, 0) is 22.6 Å². The Morgan fingerprint density at radius 2 is 1.55 bits per heavy atom. The van der Waals surface area contributed by atoms with Crippen molar-refractivity contribution in [2.75, 3.05) is 0 Å². The highest BCUT2D eigenvalue weighted by Crippen LogP contribution is 2.21. The highest BCUT2D eigenvalue weighted by Gasteiger charge is 2.27. The van der Waals surface area contributed by atoms with E-state index in [0.717, 1.165) is 16.3 Å². The molecule has 0 aliphatic heterocycles. The molecule has 0 saturated heterocycles. The SMILES string of the molecule is CC(C)NC(=O)C(C)N(Cc1ccccc1F)C(=O)CCc1cccc2ccccc12. The lowest BCUT2D eigenvalue weighted by Gasteiger charge is -2.29. The first-order chi connectivity index (χ1) is 14.9. The Bertz CT molecular complexity index is 1060. The summed E-state index contributed by atoms with van der Waals surface area (Å²) >= 11 is 0. The maximum atomic E-state index is 14.3. The number of carbonyl (C=O) groups excluding carboxylic acids is 2. The van der Waals surface area contributed by atoms with Gasteiger partial charge in [0.1, 0.15) is 11.9 Å². The summed E-state index contributed by atoms with van der Waals surface area (Å²) in [5, 5.41) is 5.09. The van der Waals surface area contributed by atoms with Gasteiger partial charge in [0, 0.05) is 24.6 Å². The Balaban J connectivity index is 1.81. The molecule has 0 aliphatic rings. The Morgan fingerprint density at radius 1 is 0.903 bits per heavy atom. The summed E-state index contributed by atoms with van der Waals surface area (Å²) in [6.07, 6.45) is 0.786. The molecule has 0 spiro atoms. The molecule has 0 radical (unpaired) electrons. The van der Waals surface area contributed by atoms with E-state index in [2.05, 4.69) is 5.32 Å². The van der Waals surface area contributed by atoms with Crippen LogP contribution in [0.3, 0.4) is 0 Å². The van der Waals surface area contributed by atoms with E-state index in [-0.39, 0.29) is 36.6 Å².